The van der Waals surface area contributed by atoms with Gasteiger partial charge in [0.2, 0.25) is 0 Å². The molecule has 0 aromatic carbocycles. The van der Waals surface area contributed by atoms with Crippen LogP contribution in [0.5, 0.6) is 0 Å². The average Bonchev–Trinajstić information content (AvgIpc) is 2.28. The summed E-state index contributed by atoms with van der Waals surface area (Å²) in [5, 5.41) is 0. The minimum atomic E-state index is 0.312. The molecule has 0 amide bonds. The van der Waals surface area contributed by atoms with Gasteiger partial charge in [-0.2, -0.15) is 0 Å². The van der Waals surface area contributed by atoms with Crippen LogP contribution in [0.4, 0.5) is 0 Å². The molecule has 0 radical (unpaired) electrons. The Morgan fingerprint density at radius 3 is 2.69 bits per heavy atom. The molecule has 0 spiro atoms. The van der Waals surface area contributed by atoms with E-state index < -0.39 is 0 Å². The van der Waals surface area contributed by atoms with Gasteiger partial charge >= 0.3 is 0 Å². The number of aromatic nitrogens is 1. The number of nitrogens with zero attached hydrogens (tertiary/aromatic N) is 2. The maximum atomic E-state index is 6.00. The summed E-state index contributed by atoms with van der Waals surface area (Å²) in [6.07, 6.45) is 7.03. The van der Waals surface area contributed by atoms with E-state index in [4.69, 9.17) is 5.73 Å². The summed E-state index contributed by atoms with van der Waals surface area (Å²) in [6.45, 7) is 4.22. The number of hydrogen-bond donors (Lipinski definition) is 1. The average molecular weight is 221 g/mol. The van der Waals surface area contributed by atoms with E-state index in [0.29, 0.717) is 6.04 Å². The quantitative estimate of drug-likeness (QED) is 0.762. The number of rotatable bonds is 7. The van der Waals surface area contributed by atoms with Crippen molar-refractivity contribution >= 4 is 0 Å². The number of pyridine rings is 1. The lowest BCUT2D eigenvalue weighted by Crippen LogP contribution is -2.36. The molecule has 0 aliphatic rings. The van der Waals surface area contributed by atoms with E-state index in [-0.39, 0.29) is 0 Å². The van der Waals surface area contributed by atoms with Crippen LogP contribution in [-0.4, -0.2) is 36.1 Å². The van der Waals surface area contributed by atoms with Crippen molar-refractivity contribution in [2.24, 2.45) is 5.73 Å². The van der Waals surface area contributed by atoms with Gasteiger partial charge in [-0.15, -0.1) is 0 Å². The van der Waals surface area contributed by atoms with Crippen LogP contribution < -0.4 is 5.73 Å². The molecule has 0 saturated heterocycles. The Bertz CT molecular complexity index is 274. The van der Waals surface area contributed by atoms with Crippen LogP contribution in [0.25, 0.3) is 0 Å². The molecule has 3 heteroatoms. The molecular formula is C13H23N3. The molecule has 1 aromatic rings. The minimum absolute atomic E-state index is 0.312. The van der Waals surface area contributed by atoms with E-state index >= 15 is 0 Å². The molecule has 3 nitrogen and oxygen atoms in total. The van der Waals surface area contributed by atoms with Crippen molar-refractivity contribution in [3.05, 3.63) is 30.1 Å². The van der Waals surface area contributed by atoms with Crippen molar-refractivity contribution in [3.63, 3.8) is 0 Å². The van der Waals surface area contributed by atoms with Gasteiger partial charge in [0.05, 0.1) is 0 Å². The molecule has 0 saturated carbocycles. The maximum Gasteiger partial charge on any atom is 0.0270 e. The van der Waals surface area contributed by atoms with Crippen LogP contribution in [0.2, 0.25) is 0 Å². The number of nitrogens with two attached hydrogens (primary N) is 1. The van der Waals surface area contributed by atoms with Gasteiger partial charge in [-0.25, -0.2) is 0 Å². The van der Waals surface area contributed by atoms with E-state index in [1.54, 1.807) is 0 Å². The lowest BCUT2D eigenvalue weighted by atomic mass is 10.1. The van der Waals surface area contributed by atoms with Gasteiger partial charge in [-0.1, -0.05) is 13.3 Å². The number of likely N-dealkylation sites (N-methyl/N-ethyl adjacent to an activating group) is 1. The standard InChI is InChI=1S/C13H23N3/c1-3-4-13(14)11-16(2)10-7-12-5-8-15-9-6-12/h5-6,8-9,13H,3-4,7,10-11,14H2,1-2H3. The molecule has 1 rings (SSSR count). The van der Waals surface area contributed by atoms with Crippen molar-refractivity contribution < 1.29 is 0 Å². The first-order chi connectivity index (χ1) is 7.72. The smallest absolute Gasteiger partial charge is 0.0270 e. The normalized spacial score (nSPS) is 13.0. The number of hydrogen-bond acceptors (Lipinski definition) is 3. The lowest BCUT2D eigenvalue weighted by Gasteiger charge is -2.20. The van der Waals surface area contributed by atoms with Crippen LogP contribution in [0.1, 0.15) is 25.3 Å². The zero-order chi connectivity index (χ0) is 11.8. The monoisotopic (exact) mass is 221 g/mol. The lowest BCUT2D eigenvalue weighted by molar-refractivity contribution is 0.307. The van der Waals surface area contributed by atoms with Crippen LogP contribution >= 0.6 is 0 Å². The van der Waals surface area contributed by atoms with Gasteiger partial charge in [0, 0.05) is 31.5 Å². The van der Waals surface area contributed by atoms with Crippen LogP contribution in [-0.2, 0) is 6.42 Å². The van der Waals surface area contributed by atoms with Crippen molar-refractivity contribution in [1.29, 1.82) is 0 Å². The first-order valence-electron chi connectivity index (χ1n) is 6.05. The fourth-order valence-electron chi connectivity index (χ4n) is 1.82. The second kappa shape index (κ2) is 7.36. The highest BCUT2D eigenvalue weighted by Gasteiger charge is 2.05. The van der Waals surface area contributed by atoms with E-state index in [1.165, 1.54) is 12.0 Å². The van der Waals surface area contributed by atoms with Gasteiger partial charge in [0.1, 0.15) is 0 Å². The Labute approximate surface area is 98.7 Å². The summed E-state index contributed by atoms with van der Waals surface area (Å²) >= 11 is 0. The topological polar surface area (TPSA) is 42.1 Å². The Morgan fingerprint density at radius 1 is 1.38 bits per heavy atom. The first-order valence-corrected chi connectivity index (χ1v) is 6.05. The Hall–Kier alpha value is -0.930. The summed E-state index contributed by atoms with van der Waals surface area (Å²) < 4.78 is 0. The fourth-order valence-corrected chi connectivity index (χ4v) is 1.82. The van der Waals surface area contributed by atoms with Gasteiger partial charge in [0.15, 0.2) is 0 Å². The molecule has 90 valence electrons. The zero-order valence-electron chi connectivity index (χ0n) is 10.4. The Balaban J connectivity index is 2.22. The van der Waals surface area contributed by atoms with Gasteiger partial charge in [0.25, 0.3) is 0 Å². The second-order valence-corrected chi connectivity index (χ2v) is 4.42. The molecule has 1 aromatic heterocycles. The van der Waals surface area contributed by atoms with Gasteiger partial charge < -0.3 is 10.6 Å². The molecule has 1 unspecified atom stereocenters. The van der Waals surface area contributed by atoms with Gasteiger partial charge in [-0.3, -0.25) is 4.98 Å². The Morgan fingerprint density at radius 2 is 2.06 bits per heavy atom. The van der Waals surface area contributed by atoms with Crippen molar-refractivity contribution in [3.8, 4) is 0 Å². The highest BCUT2D eigenvalue weighted by molar-refractivity contribution is 5.09. The predicted molar refractivity (Wildman–Crippen MR) is 68.3 cm³/mol. The molecule has 0 bridgehead atoms. The Kier molecular flexibility index (Phi) is 6.04. The third-order valence-corrected chi connectivity index (χ3v) is 2.74. The highest BCUT2D eigenvalue weighted by Crippen LogP contribution is 2.00. The zero-order valence-corrected chi connectivity index (χ0v) is 10.4. The molecule has 16 heavy (non-hydrogen) atoms. The molecule has 0 aliphatic heterocycles. The SMILES string of the molecule is CCCC(N)CN(C)CCc1ccncc1. The molecule has 1 heterocycles. The molecular weight excluding hydrogens is 198 g/mol. The third-order valence-electron chi connectivity index (χ3n) is 2.74. The summed E-state index contributed by atoms with van der Waals surface area (Å²) in [5.74, 6) is 0. The van der Waals surface area contributed by atoms with Crippen molar-refractivity contribution in [2.75, 3.05) is 20.1 Å². The maximum absolute atomic E-state index is 6.00. The van der Waals surface area contributed by atoms with Crippen LogP contribution in [0.15, 0.2) is 24.5 Å². The fraction of sp³-hybridized carbons (Fsp3) is 0.615. The summed E-state index contributed by atoms with van der Waals surface area (Å²) in [6, 6.07) is 4.45. The summed E-state index contributed by atoms with van der Waals surface area (Å²) in [4.78, 5) is 6.32. The highest BCUT2D eigenvalue weighted by atomic mass is 15.1. The van der Waals surface area contributed by atoms with Crippen molar-refractivity contribution in [2.45, 2.75) is 32.2 Å². The van der Waals surface area contributed by atoms with E-state index in [0.717, 1.165) is 25.9 Å². The molecule has 2 N–H and O–H groups in total. The second-order valence-electron chi connectivity index (χ2n) is 4.42. The van der Waals surface area contributed by atoms with Gasteiger partial charge in [-0.05, 0) is 37.6 Å². The van der Waals surface area contributed by atoms with E-state index in [1.807, 2.05) is 12.4 Å². The van der Waals surface area contributed by atoms with Crippen LogP contribution in [0.3, 0.4) is 0 Å². The van der Waals surface area contributed by atoms with E-state index in [2.05, 4.69) is 36.0 Å². The summed E-state index contributed by atoms with van der Waals surface area (Å²) in [7, 11) is 2.14. The largest absolute Gasteiger partial charge is 0.327 e. The van der Waals surface area contributed by atoms with E-state index in [9.17, 15) is 0 Å². The molecule has 1 atom stereocenters. The third kappa shape index (κ3) is 5.24. The minimum Gasteiger partial charge on any atom is -0.327 e. The predicted octanol–water partition coefficient (Wildman–Crippen LogP) is 1.68. The van der Waals surface area contributed by atoms with Crippen molar-refractivity contribution in [1.82, 2.24) is 9.88 Å². The summed E-state index contributed by atoms with van der Waals surface area (Å²) in [5.41, 5.74) is 7.34. The molecule has 0 aliphatic carbocycles. The first kappa shape index (κ1) is 13.1. The molecule has 0 fully saturated rings. The van der Waals surface area contributed by atoms with Crippen LogP contribution in [0, 0.1) is 0 Å².